The summed E-state index contributed by atoms with van der Waals surface area (Å²) in [5, 5.41) is 6.62. The van der Waals surface area contributed by atoms with Crippen molar-refractivity contribution in [2.24, 2.45) is 5.92 Å². The number of sulfone groups is 1. The van der Waals surface area contributed by atoms with Crippen LogP contribution < -0.4 is 10.6 Å². The van der Waals surface area contributed by atoms with E-state index in [0.717, 1.165) is 12.0 Å². The zero-order valence-electron chi connectivity index (χ0n) is 20.0. The van der Waals surface area contributed by atoms with E-state index in [4.69, 9.17) is 11.6 Å². The van der Waals surface area contributed by atoms with Crippen LogP contribution in [0.2, 0.25) is 5.02 Å². The SMILES string of the molecule is CCS(=O)(=O)c1ccc(CC(=O)Nc2ccc(C(=O)NC(CC3CC3)c3ccc(Cl)cc3)cc2)cc1. The van der Waals surface area contributed by atoms with Crippen LogP contribution >= 0.6 is 11.6 Å². The molecule has 4 rings (SSSR count). The van der Waals surface area contributed by atoms with Crippen LogP contribution in [0.3, 0.4) is 0 Å². The van der Waals surface area contributed by atoms with E-state index in [9.17, 15) is 18.0 Å². The van der Waals surface area contributed by atoms with Gasteiger partial charge < -0.3 is 10.6 Å². The minimum absolute atomic E-state index is 0.0309. The summed E-state index contributed by atoms with van der Waals surface area (Å²) in [6.07, 6.45) is 3.39. The summed E-state index contributed by atoms with van der Waals surface area (Å²) < 4.78 is 23.9. The topological polar surface area (TPSA) is 92.3 Å². The van der Waals surface area contributed by atoms with Crippen molar-refractivity contribution in [2.75, 3.05) is 11.1 Å². The molecule has 3 aromatic carbocycles. The van der Waals surface area contributed by atoms with Gasteiger partial charge in [-0.1, -0.05) is 55.6 Å². The molecule has 0 heterocycles. The fourth-order valence-electron chi connectivity index (χ4n) is 3.98. The van der Waals surface area contributed by atoms with Crippen molar-refractivity contribution in [2.45, 2.75) is 43.5 Å². The van der Waals surface area contributed by atoms with Crippen molar-refractivity contribution >= 4 is 38.9 Å². The lowest BCUT2D eigenvalue weighted by Gasteiger charge is -2.19. The Morgan fingerprint density at radius 1 is 0.944 bits per heavy atom. The number of carbonyl (C=O) groups is 2. The molecule has 8 heteroatoms. The van der Waals surface area contributed by atoms with E-state index in [2.05, 4.69) is 10.6 Å². The predicted octanol–water partition coefficient (Wildman–Crippen LogP) is 5.59. The maximum atomic E-state index is 12.9. The van der Waals surface area contributed by atoms with Crippen LogP contribution in [0.4, 0.5) is 5.69 Å². The highest BCUT2D eigenvalue weighted by molar-refractivity contribution is 7.91. The maximum Gasteiger partial charge on any atom is 0.251 e. The molecule has 6 nitrogen and oxygen atoms in total. The molecule has 36 heavy (non-hydrogen) atoms. The zero-order valence-corrected chi connectivity index (χ0v) is 21.6. The fraction of sp³-hybridized carbons (Fsp3) is 0.286. The molecule has 0 saturated heterocycles. The fourth-order valence-corrected chi connectivity index (χ4v) is 4.99. The molecule has 0 aromatic heterocycles. The van der Waals surface area contributed by atoms with E-state index >= 15 is 0 Å². The molecule has 2 amide bonds. The van der Waals surface area contributed by atoms with Gasteiger partial charge >= 0.3 is 0 Å². The van der Waals surface area contributed by atoms with Crippen LogP contribution in [0.25, 0.3) is 0 Å². The lowest BCUT2D eigenvalue weighted by molar-refractivity contribution is -0.115. The summed E-state index contributed by atoms with van der Waals surface area (Å²) in [6, 6.07) is 20.6. The first-order chi connectivity index (χ1) is 17.2. The van der Waals surface area contributed by atoms with Gasteiger partial charge in [-0.3, -0.25) is 9.59 Å². The van der Waals surface area contributed by atoms with Crippen molar-refractivity contribution in [1.29, 1.82) is 0 Å². The molecular weight excluding hydrogens is 496 g/mol. The van der Waals surface area contributed by atoms with Crippen LogP contribution in [-0.2, 0) is 21.1 Å². The first-order valence-electron chi connectivity index (χ1n) is 12.0. The van der Waals surface area contributed by atoms with Crippen LogP contribution in [-0.4, -0.2) is 26.0 Å². The Balaban J connectivity index is 1.34. The molecule has 188 valence electrons. The minimum atomic E-state index is -3.27. The maximum absolute atomic E-state index is 12.9. The molecule has 0 aliphatic heterocycles. The molecule has 0 radical (unpaired) electrons. The number of benzene rings is 3. The van der Waals surface area contributed by atoms with E-state index in [1.165, 1.54) is 25.0 Å². The number of anilines is 1. The quantitative estimate of drug-likeness (QED) is 0.362. The second-order valence-electron chi connectivity index (χ2n) is 9.11. The summed E-state index contributed by atoms with van der Waals surface area (Å²) in [7, 11) is -3.27. The number of halogens is 1. The summed E-state index contributed by atoms with van der Waals surface area (Å²) in [5.74, 6) is 0.264. The minimum Gasteiger partial charge on any atom is -0.345 e. The highest BCUT2D eigenvalue weighted by Gasteiger charge is 2.27. The van der Waals surface area contributed by atoms with Gasteiger partial charge in [0.25, 0.3) is 5.91 Å². The number of hydrogen-bond donors (Lipinski definition) is 2. The van der Waals surface area contributed by atoms with Crippen LogP contribution in [0.1, 0.15) is 53.7 Å². The average Bonchev–Trinajstić information content (AvgIpc) is 3.69. The Morgan fingerprint density at radius 3 is 2.17 bits per heavy atom. The third kappa shape index (κ3) is 6.95. The molecule has 1 unspecified atom stereocenters. The van der Waals surface area contributed by atoms with Gasteiger partial charge in [0.15, 0.2) is 9.84 Å². The van der Waals surface area contributed by atoms with E-state index < -0.39 is 9.84 Å². The normalized spacial score (nSPS) is 14.2. The summed E-state index contributed by atoms with van der Waals surface area (Å²) >= 11 is 6.02. The summed E-state index contributed by atoms with van der Waals surface area (Å²) in [5.41, 5.74) is 2.83. The third-order valence-electron chi connectivity index (χ3n) is 6.30. The Labute approximate surface area is 217 Å². The number of amides is 2. The molecule has 1 atom stereocenters. The van der Waals surface area contributed by atoms with Gasteiger partial charge in [0.1, 0.15) is 0 Å². The largest absolute Gasteiger partial charge is 0.345 e. The molecular formula is C28H29ClN2O4S. The Morgan fingerprint density at radius 2 is 1.58 bits per heavy atom. The van der Waals surface area contributed by atoms with E-state index in [0.29, 0.717) is 27.8 Å². The highest BCUT2D eigenvalue weighted by Crippen LogP contribution is 2.38. The lowest BCUT2D eigenvalue weighted by atomic mass is 10.0. The standard InChI is InChI=1S/C28H29ClN2O4S/c1-2-36(34,35)25-15-5-20(6-16-25)18-27(32)30-24-13-9-22(10-14-24)28(33)31-26(17-19-3-4-19)21-7-11-23(29)12-8-21/h5-16,19,26H,2-4,17-18H2,1H3,(H,30,32)(H,31,33). The number of carbonyl (C=O) groups excluding carboxylic acids is 2. The lowest BCUT2D eigenvalue weighted by Crippen LogP contribution is -2.29. The highest BCUT2D eigenvalue weighted by atomic mass is 35.5. The van der Waals surface area contributed by atoms with Crippen LogP contribution in [0.5, 0.6) is 0 Å². The van der Waals surface area contributed by atoms with Crippen LogP contribution in [0, 0.1) is 5.92 Å². The molecule has 1 saturated carbocycles. The van der Waals surface area contributed by atoms with Crippen molar-refractivity contribution in [3.05, 3.63) is 94.5 Å². The number of hydrogen-bond acceptors (Lipinski definition) is 4. The van der Waals surface area contributed by atoms with Crippen molar-refractivity contribution in [1.82, 2.24) is 5.32 Å². The molecule has 1 fully saturated rings. The Bertz CT molecular complexity index is 1320. The monoisotopic (exact) mass is 524 g/mol. The summed E-state index contributed by atoms with van der Waals surface area (Å²) in [6.45, 7) is 1.60. The van der Waals surface area contributed by atoms with Crippen molar-refractivity contribution in [3.8, 4) is 0 Å². The first-order valence-corrected chi connectivity index (χ1v) is 14.0. The molecule has 2 N–H and O–H groups in total. The average molecular weight is 525 g/mol. The Hall–Kier alpha value is -3.16. The number of rotatable bonds is 10. The van der Waals surface area contributed by atoms with E-state index in [-0.39, 0.29) is 34.9 Å². The molecule has 0 spiro atoms. The van der Waals surface area contributed by atoms with Gasteiger partial charge in [-0.15, -0.1) is 0 Å². The van der Waals surface area contributed by atoms with Gasteiger partial charge in [-0.25, -0.2) is 8.42 Å². The van der Waals surface area contributed by atoms with Gasteiger partial charge in [-0.05, 0) is 72.0 Å². The van der Waals surface area contributed by atoms with Gasteiger partial charge in [0, 0.05) is 16.3 Å². The predicted molar refractivity (Wildman–Crippen MR) is 142 cm³/mol. The van der Waals surface area contributed by atoms with E-state index in [1.807, 2.05) is 24.3 Å². The second-order valence-corrected chi connectivity index (χ2v) is 11.8. The smallest absolute Gasteiger partial charge is 0.251 e. The number of nitrogens with one attached hydrogen (secondary N) is 2. The van der Waals surface area contributed by atoms with E-state index in [1.54, 1.807) is 43.3 Å². The zero-order chi connectivity index (χ0) is 25.7. The molecule has 1 aliphatic carbocycles. The Kier molecular flexibility index (Phi) is 8.11. The van der Waals surface area contributed by atoms with Crippen LogP contribution in [0.15, 0.2) is 77.7 Å². The third-order valence-corrected chi connectivity index (χ3v) is 8.30. The second kappa shape index (κ2) is 11.3. The van der Waals surface area contributed by atoms with Gasteiger partial charge in [0.05, 0.1) is 23.1 Å². The van der Waals surface area contributed by atoms with Gasteiger partial charge in [-0.2, -0.15) is 0 Å². The molecule has 0 bridgehead atoms. The van der Waals surface area contributed by atoms with Crippen molar-refractivity contribution < 1.29 is 18.0 Å². The van der Waals surface area contributed by atoms with Gasteiger partial charge in [0.2, 0.25) is 5.91 Å². The summed E-state index contributed by atoms with van der Waals surface area (Å²) in [4.78, 5) is 25.6. The first kappa shape index (κ1) is 25.9. The molecule has 1 aliphatic rings. The molecule has 3 aromatic rings. The van der Waals surface area contributed by atoms with Crippen molar-refractivity contribution in [3.63, 3.8) is 0 Å².